The van der Waals surface area contributed by atoms with E-state index in [9.17, 15) is 4.79 Å². The van der Waals surface area contributed by atoms with Gasteiger partial charge in [-0.25, -0.2) is 0 Å². The number of benzene rings is 1. The van der Waals surface area contributed by atoms with Gasteiger partial charge in [0.25, 0.3) is 0 Å². The van der Waals surface area contributed by atoms with Gasteiger partial charge in [0.2, 0.25) is 0 Å². The van der Waals surface area contributed by atoms with E-state index in [0.29, 0.717) is 36.6 Å². The third kappa shape index (κ3) is 3.13. The molecule has 4 aliphatic carbocycles. The van der Waals surface area contributed by atoms with Crippen molar-refractivity contribution in [2.24, 2.45) is 17.3 Å². The Balaban J connectivity index is 1.66. The molecule has 1 aromatic carbocycles. The maximum Gasteiger partial charge on any atom is 0.156 e. The van der Waals surface area contributed by atoms with Gasteiger partial charge in [-0.05, 0) is 85.3 Å². The summed E-state index contributed by atoms with van der Waals surface area (Å²) in [5.74, 6) is 2.66. The average molecular weight is 437 g/mol. The molecular formula is C28H36O4. The maximum atomic E-state index is 12.2. The summed E-state index contributed by atoms with van der Waals surface area (Å²) in [6, 6.07) is 8.65. The molecule has 4 aliphatic rings. The van der Waals surface area contributed by atoms with Gasteiger partial charge >= 0.3 is 0 Å². The van der Waals surface area contributed by atoms with Crippen molar-refractivity contribution in [2.75, 3.05) is 27.9 Å². The van der Waals surface area contributed by atoms with E-state index in [2.05, 4.69) is 31.2 Å². The van der Waals surface area contributed by atoms with Crippen molar-refractivity contribution >= 4 is 5.78 Å². The summed E-state index contributed by atoms with van der Waals surface area (Å²) >= 11 is 0. The van der Waals surface area contributed by atoms with Crippen LogP contribution in [0.4, 0.5) is 0 Å². The van der Waals surface area contributed by atoms with Crippen LogP contribution in [0.2, 0.25) is 0 Å². The lowest BCUT2D eigenvalue weighted by atomic mass is 9.51. The molecule has 0 aromatic heterocycles. The molecule has 2 fully saturated rings. The lowest BCUT2D eigenvalue weighted by Gasteiger charge is -2.55. The van der Waals surface area contributed by atoms with Gasteiger partial charge in [-0.3, -0.25) is 4.79 Å². The molecule has 172 valence electrons. The number of rotatable bonds is 5. The average Bonchev–Trinajstić information content (AvgIpc) is 3.10. The normalized spacial score (nSPS) is 36.3. The minimum absolute atomic E-state index is 0.0444. The molecule has 4 nitrogen and oxygen atoms in total. The standard InChI is InChI=1S/C28H36O4/c1-27-16-24(18-5-9-21(31-3)10-6-18)26-22-12-8-20(29)15-19(22)7-11-23(26)25(27)13-14-28(27,32-4)17-30-2/h5-6,9-10,15,23-25H,7-8,11-14,16-17H2,1-4H3/t23-,24+,25-,27-,28+/m0/s1. The molecule has 1 aromatic rings. The highest BCUT2D eigenvalue weighted by Gasteiger charge is 2.63. The number of allylic oxidation sites excluding steroid dienone is 4. The molecule has 0 unspecified atom stereocenters. The summed E-state index contributed by atoms with van der Waals surface area (Å²) in [5, 5.41) is 0. The Morgan fingerprint density at radius 2 is 1.81 bits per heavy atom. The van der Waals surface area contributed by atoms with Crippen molar-refractivity contribution in [2.45, 2.75) is 63.4 Å². The SMILES string of the molecule is COC[C@]1(OC)CC[C@H]2[C@@H]3CCC4=CC(=O)CCC4=C3[C@@H](c3ccc(OC)cc3)C[C@@]21C. The molecule has 5 rings (SSSR count). The number of fused-ring (bicyclic) bond motifs is 4. The van der Waals surface area contributed by atoms with Crippen molar-refractivity contribution in [1.82, 2.24) is 0 Å². The molecule has 32 heavy (non-hydrogen) atoms. The Morgan fingerprint density at radius 1 is 1.03 bits per heavy atom. The molecule has 0 spiro atoms. The number of methoxy groups -OCH3 is 3. The van der Waals surface area contributed by atoms with Gasteiger partial charge in [-0.1, -0.05) is 24.6 Å². The van der Waals surface area contributed by atoms with E-state index in [1.807, 2.05) is 13.2 Å². The van der Waals surface area contributed by atoms with Crippen molar-refractivity contribution in [1.29, 1.82) is 0 Å². The molecule has 0 radical (unpaired) electrons. The molecule has 0 saturated heterocycles. The Morgan fingerprint density at radius 3 is 2.50 bits per heavy atom. The van der Waals surface area contributed by atoms with Crippen LogP contribution in [0.15, 0.2) is 47.1 Å². The second-order valence-electron chi connectivity index (χ2n) is 10.4. The van der Waals surface area contributed by atoms with Crippen LogP contribution in [0.25, 0.3) is 0 Å². The molecule has 0 amide bonds. The molecule has 5 atom stereocenters. The van der Waals surface area contributed by atoms with E-state index in [-0.39, 0.29) is 11.0 Å². The van der Waals surface area contributed by atoms with Crippen LogP contribution < -0.4 is 4.74 Å². The number of hydrogen-bond donors (Lipinski definition) is 0. The zero-order valence-electron chi connectivity index (χ0n) is 19.9. The zero-order valence-corrected chi connectivity index (χ0v) is 19.9. The molecular weight excluding hydrogens is 400 g/mol. The molecule has 0 bridgehead atoms. The van der Waals surface area contributed by atoms with Crippen LogP contribution in [-0.4, -0.2) is 39.3 Å². The Hall–Kier alpha value is -1.91. The minimum Gasteiger partial charge on any atom is -0.497 e. The first-order valence-corrected chi connectivity index (χ1v) is 12.1. The highest BCUT2D eigenvalue weighted by atomic mass is 16.5. The smallest absolute Gasteiger partial charge is 0.156 e. The first kappa shape index (κ1) is 21.9. The van der Waals surface area contributed by atoms with Gasteiger partial charge in [0.1, 0.15) is 5.75 Å². The number of hydrogen-bond acceptors (Lipinski definition) is 4. The van der Waals surface area contributed by atoms with E-state index >= 15 is 0 Å². The lowest BCUT2D eigenvalue weighted by molar-refractivity contribution is -0.149. The molecule has 0 aliphatic heterocycles. The van der Waals surface area contributed by atoms with E-state index in [0.717, 1.165) is 37.9 Å². The third-order valence-corrected chi connectivity index (χ3v) is 9.31. The fourth-order valence-corrected chi connectivity index (χ4v) is 7.74. The Kier molecular flexibility index (Phi) is 5.58. The topological polar surface area (TPSA) is 44.8 Å². The van der Waals surface area contributed by atoms with Crippen LogP contribution in [-0.2, 0) is 14.3 Å². The summed E-state index contributed by atoms with van der Waals surface area (Å²) in [7, 11) is 5.39. The van der Waals surface area contributed by atoms with E-state index < -0.39 is 0 Å². The lowest BCUT2D eigenvalue weighted by Crippen LogP contribution is -2.54. The van der Waals surface area contributed by atoms with E-state index in [4.69, 9.17) is 14.2 Å². The molecule has 2 saturated carbocycles. The molecule has 4 heteroatoms. The van der Waals surface area contributed by atoms with Gasteiger partial charge in [-0.2, -0.15) is 0 Å². The van der Waals surface area contributed by atoms with E-state index in [1.165, 1.54) is 23.1 Å². The van der Waals surface area contributed by atoms with Crippen molar-refractivity contribution in [3.05, 3.63) is 52.6 Å². The second-order valence-corrected chi connectivity index (χ2v) is 10.4. The second kappa shape index (κ2) is 8.14. The van der Waals surface area contributed by atoms with Gasteiger partial charge in [0.05, 0.1) is 19.3 Å². The predicted octanol–water partition coefficient (Wildman–Crippen LogP) is 5.63. The van der Waals surface area contributed by atoms with Crippen LogP contribution in [0.1, 0.15) is 63.4 Å². The van der Waals surface area contributed by atoms with Crippen molar-refractivity contribution in [3.63, 3.8) is 0 Å². The summed E-state index contributed by atoms with van der Waals surface area (Å²) < 4.78 is 17.5. The summed E-state index contributed by atoms with van der Waals surface area (Å²) in [5.41, 5.74) is 5.57. The van der Waals surface area contributed by atoms with Crippen LogP contribution in [0, 0.1) is 17.3 Å². The van der Waals surface area contributed by atoms with Gasteiger partial charge in [0, 0.05) is 32.0 Å². The first-order chi connectivity index (χ1) is 15.5. The fraction of sp³-hybridized carbons (Fsp3) is 0.607. The Labute approximate surface area is 192 Å². The predicted molar refractivity (Wildman–Crippen MR) is 125 cm³/mol. The summed E-state index contributed by atoms with van der Waals surface area (Å²) in [6.45, 7) is 3.10. The fourth-order valence-electron chi connectivity index (χ4n) is 7.74. The summed E-state index contributed by atoms with van der Waals surface area (Å²) in [6.07, 6.45) is 8.95. The van der Waals surface area contributed by atoms with Crippen molar-refractivity contribution in [3.8, 4) is 5.75 Å². The highest BCUT2D eigenvalue weighted by molar-refractivity contribution is 5.93. The quantitative estimate of drug-likeness (QED) is 0.600. The first-order valence-electron chi connectivity index (χ1n) is 12.1. The Bertz CT molecular complexity index is 958. The number of carbonyl (C=O) groups is 1. The monoisotopic (exact) mass is 436 g/mol. The molecule has 0 N–H and O–H groups in total. The number of ketones is 1. The van der Waals surface area contributed by atoms with Gasteiger partial charge in [0.15, 0.2) is 5.78 Å². The number of carbonyl (C=O) groups excluding carboxylic acids is 1. The third-order valence-electron chi connectivity index (χ3n) is 9.31. The molecule has 0 heterocycles. The zero-order chi connectivity index (χ0) is 22.5. The van der Waals surface area contributed by atoms with Crippen LogP contribution >= 0.6 is 0 Å². The van der Waals surface area contributed by atoms with Crippen LogP contribution in [0.5, 0.6) is 5.75 Å². The van der Waals surface area contributed by atoms with Crippen LogP contribution in [0.3, 0.4) is 0 Å². The van der Waals surface area contributed by atoms with Crippen molar-refractivity contribution < 1.29 is 19.0 Å². The van der Waals surface area contributed by atoms with Gasteiger partial charge < -0.3 is 14.2 Å². The maximum absolute atomic E-state index is 12.2. The highest BCUT2D eigenvalue weighted by Crippen LogP contribution is 2.67. The largest absolute Gasteiger partial charge is 0.497 e. The van der Waals surface area contributed by atoms with Gasteiger partial charge in [-0.15, -0.1) is 0 Å². The van der Waals surface area contributed by atoms with E-state index in [1.54, 1.807) is 19.8 Å². The summed E-state index contributed by atoms with van der Waals surface area (Å²) in [4.78, 5) is 12.2. The number of ether oxygens (including phenoxy) is 3. The minimum atomic E-state index is -0.244.